The Morgan fingerprint density at radius 2 is 0.823 bits per heavy atom. The Balaban J connectivity index is 1.14. The van der Waals surface area contributed by atoms with Gasteiger partial charge in [-0.15, -0.1) is 0 Å². The summed E-state index contributed by atoms with van der Waals surface area (Å²) in [5.74, 6) is 0. The van der Waals surface area contributed by atoms with E-state index in [-0.39, 0.29) is 0 Å². The van der Waals surface area contributed by atoms with Crippen molar-refractivity contribution in [2.24, 2.45) is 0 Å². The highest BCUT2D eigenvalue weighted by Gasteiger charge is 2.52. The minimum absolute atomic E-state index is 0.609. The lowest BCUT2D eigenvalue weighted by Crippen LogP contribution is -2.26. The first-order valence-corrected chi connectivity index (χ1v) is 21.4. The van der Waals surface area contributed by atoms with Gasteiger partial charge in [0.05, 0.1) is 22.2 Å². The molecule has 0 aliphatic heterocycles. The van der Waals surface area contributed by atoms with Gasteiger partial charge in [0.15, 0.2) is 0 Å². The van der Waals surface area contributed by atoms with Crippen LogP contribution in [0.15, 0.2) is 235 Å². The maximum atomic E-state index is 6.48. The zero-order chi connectivity index (χ0) is 40.8. The van der Waals surface area contributed by atoms with Crippen LogP contribution in [-0.2, 0) is 5.41 Å². The molecule has 0 saturated carbocycles. The summed E-state index contributed by atoms with van der Waals surface area (Å²) < 4.78 is 6.48. The van der Waals surface area contributed by atoms with Gasteiger partial charge in [0.2, 0.25) is 0 Å². The minimum atomic E-state index is -0.609. The largest absolute Gasteiger partial charge is 0.456 e. The highest BCUT2D eigenvalue weighted by atomic mass is 16.3. The average molecular weight is 791 g/mol. The molecule has 0 fully saturated rings. The molecule has 3 nitrogen and oxygen atoms in total. The number of furan rings is 1. The van der Waals surface area contributed by atoms with E-state index in [1.807, 2.05) is 6.07 Å². The second-order valence-electron chi connectivity index (χ2n) is 16.4. The Hall–Kier alpha value is -8.14. The quantitative estimate of drug-likeness (QED) is 0.167. The monoisotopic (exact) mass is 790 g/mol. The molecule has 0 N–H and O–H groups in total. The summed E-state index contributed by atoms with van der Waals surface area (Å²) in [7, 11) is 0. The smallest absolute Gasteiger partial charge is 0.137 e. The van der Waals surface area contributed by atoms with Gasteiger partial charge >= 0.3 is 0 Å². The predicted octanol–water partition coefficient (Wildman–Crippen LogP) is 16.0. The van der Waals surface area contributed by atoms with Crippen molar-refractivity contribution in [2.75, 3.05) is 9.80 Å². The molecule has 62 heavy (non-hydrogen) atoms. The van der Waals surface area contributed by atoms with Crippen molar-refractivity contribution >= 4 is 66.8 Å². The van der Waals surface area contributed by atoms with Gasteiger partial charge in [0, 0.05) is 33.5 Å². The van der Waals surface area contributed by atoms with E-state index in [0.29, 0.717) is 0 Å². The number of anilines is 6. The third-order valence-electron chi connectivity index (χ3n) is 13.2. The summed E-state index contributed by atoms with van der Waals surface area (Å²) in [6.45, 7) is 0. The van der Waals surface area contributed by atoms with Crippen LogP contribution in [0.4, 0.5) is 34.1 Å². The van der Waals surface area contributed by atoms with Crippen LogP contribution in [0.2, 0.25) is 0 Å². The fourth-order valence-electron chi connectivity index (χ4n) is 10.8. The lowest BCUT2D eigenvalue weighted by atomic mass is 9.70. The standard InChI is InChI=1S/C59H38N2O/c1-4-19-39(20-5-1)60(40-21-6-2-7-22-40)54-38-52-57(46-27-11-10-26-45(46)54)47-28-13-16-31-50(47)59(52)49-30-15-12-25-43(49)44-36-35-42(37-51(44)59)61(41-23-8-3-9-24-41)53-32-18-34-56-58(53)48-29-14-17-33-55(48)62-56/h1-38H. The number of hydrogen-bond acceptors (Lipinski definition) is 3. The molecule has 1 aromatic heterocycles. The first kappa shape index (κ1) is 34.7. The van der Waals surface area contributed by atoms with Crippen LogP contribution in [0.1, 0.15) is 22.3 Å². The van der Waals surface area contributed by atoms with Gasteiger partial charge in [0.25, 0.3) is 0 Å². The van der Waals surface area contributed by atoms with Crippen LogP contribution in [0.3, 0.4) is 0 Å². The molecular weight excluding hydrogens is 753 g/mol. The van der Waals surface area contributed by atoms with Crippen LogP contribution in [0.25, 0.3) is 55.0 Å². The Morgan fingerprint density at radius 1 is 0.306 bits per heavy atom. The summed E-state index contributed by atoms with van der Waals surface area (Å²) in [5, 5.41) is 4.65. The normalized spacial score (nSPS) is 14.5. The zero-order valence-electron chi connectivity index (χ0n) is 33.7. The van der Waals surface area contributed by atoms with Gasteiger partial charge in [-0.1, -0.05) is 158 Å². The third kappa shape index (κ3) is 4.82. The van der Waals surface area contributed by atoms with Gasteiger partial charge in [-0.3, -0.25) is 0 Å². The zero-order valence-corrected chi connectivity index (χ0v) is 33.7. The molecule has 10 aromatic carbocycles. The number of para-hydroxylation sites is 4. The van der Waals surface area contributed by atoms with Crippen molar-refractivity contribution in [1.29, 1.82) is 0 Å². The van der Waals surface area contributed by atoms with E-state index < -0.39 is 5.41 Å². The molecule has 1 heterocycles. The van der Waals surface area contributed by atoms with Crippen molar-refractivity contribution in [3.8, 4) is 22.3 Å². The van der Waals surface area contributed by atoms with Gasteiger partial charge in [-0.05, 0) is 123 Å². The van der Waals surface area contributed by atoms with E-state index in [4.69, 9.17) is 4.42 Å². The Morgan fingerprint density at radius 3 is 1.52 bits per heavy atom. The van der Waals surface area contributed by atoms with E-state index in [1.165, 1.54) is 55.3 Å². The van der Waals surface area contributed by atoms with Crippen LogP contribution in [-0.4, -0.2) is 0 Å². The molecule has 2 aliphatic carbocycles. The second-order valence-corrected chi connectivity index (χ2v) is 16.4. The van der Waals surface area contributed by atoms with Gasteiger partial charge in [-0.2, -0.15) is 0 Å². The number of benzene rings is 10. The van der Waals surface area contributed by atoms with Crippen LogP contribution in [0, 0.1) is 0 Å². The van der Waals surface area contributed by atoms with E-state index in [1.54, 1.807) is 0 Å². The van der Waals surface area contributed by atoms with Crippen LogP contribution in [0.5, 0.6) is 0 Å². The molecule has 1 spiro atoms. The van der Waals surface area contributed by atoms with Crippen molar-refractivity contribution in [1.82, 2.24) is 0 Å². The molecule has 3 heteroatoms. The SMILES string of the molecule is c1ccc(N(c2ccccc2)c2cc3c(c4ccccc24)-c2ccccc2C32c3ccccc3-c3ccc(N(c4ccccc4)c4cccc5oc6ccccc6c45)cc32)cc1. The Labute approximate surface area is 360 Å². The maximum absolute atomic E-state index is 6.48. The number of nitrogens with zero attached hydrogens (tertiary/aromatic N) is 2. The van der Waals surface area contributed by atoms with Gasteiger partial charge in [0.1, 0.15) is 11.2 Å². The summed E-state index contributed by atoms with van der Waals surface area (Å²) in [4.78, 5) is 4.85. The highest BCUT2D eigenvalue weighted by molar-refractivity contribution is 6.14. The van der Waals surface area contributed by atoms with E-state index in [9.17, 15) is 0 Å². The summed E-state index contributed by atoms with van der Waals surface area (Å²) in [6, 6.07) is 84.1. The first-order chi connectivity index (χ1) is 30.8. The third-order valence-corrected chi connectivity index (χ3v) is 13.2. The molecule has 11 aromatic rings. The lowest BCUT2D eigenvalue weighted by Gasteiger charge is -2.34. The topological polar surface area (TPSA) is 19.6 Å². The summed E-state index contributed by atoms with van der Waals surface area (Å²) in [6.07, 6.45) is 0. The Bertz CT molecular complexity index is 3500. The molecule has 13 rings (SSSR count). The average Bonchev–Trinajstić information content (AvgIpc) is 3.97. The second kappa shape index (κ2) is 13.4. The van der Waals surface area contributed by atoms with Gasteiger partial charge < -0.3 is 14.2 Å². The van der Waals surface area contributed by atoms with Crippen LogP contribution >= 0.6 is 0 Å². The highest BCUT2D eigenvalue weighted by Crippen LogP contribution is 2.65. The van der Waals surface area contributed by atoms with Crippen molar-refractivity contribution < 1.29 is 4.42 Å². The molecule has 0 radical (unpaired) electrons. The predicted molar refractivity (Wildman–Crippen MR) is 257 cm³/mol. The summed E-state index contributed by atoms with van der Waals surface area (Å²) in [5.41, 5.74) is 18.0. The molecule has 1 unspecified atom stereocenters. The molecule has 0 bridgehead atoms. The van der Waals surface area contributed by atoms with E-state index in [2.05, 4.69) is 234 Å². The molecule has 0 amide bonds. The first-order valence-electron chi connectivity index (χ1n) is 21.4. The Kier molecular flexibility index (Phi) is 7.52. The van der Waals surface area contributed by atoms with Crippen molar-refractivity contribution in [3.63, 3.8) is 0 Å². The molecule has 290 valence electrons. The van der Waals surface area contributed by atoms with Crippen molar-refractivity contribution in [2.45, 2.75) is 5.41 Å². The van der Waals surface area contributed by atoms with E-state index >= 15 is 0 Å². The maximum Gasteiger partial charge on any atom is 0.137 e. The number of hydrogen-bond donors (Lipinski definition) is 0. The number of fused-ring (bicyclic) bond motifs is 15. The number of rotatable bonds is 6. The van der Waals surface area contributed by atoms with Crippen LogP contribution < -0.4 is 9.80 Å². The fourth-order valence-corrected chi connectivity index (χ4v) is 10.8. The molecule has 2 aliphatic rings. The van der Waals surface area contributed by atoms with E-state index in [0.717, 1.165) is 56.1 Å². The molecular formula is C59H38N2O. The lowest BCUT2D eigenvalue weighted by molar-refractivity contribution is 0.669. The van der Waals surface area contributed by atoms with Gasteiger partial charge in [-0.25, -0.2) is 0 Å². The fraction of sp³-hybridized carbons (Fsp3) is 0.0169. The molecule has 1 atom stereocenters. The minimum Gasteiger partial charge on any atom is -0.456 e. The molecule has 0 saturated heterocycles. The summed E-state index contributed by atoms with van der Waals surface area (Å²) >= 11 is 0. The van der Waals surface area contributed by atoms with Crippen molar-refractivity contribution in [3.05, 3.63) is 253 Å².